The van der Waals surface area contributed by atoms with E-state index in [2.05, 4.69) is 15.2 Å². The molecule has 1 aliphatic rings. The number of carbonyl (C=O) groups excluding carboxylic acids is 2. The third-order valence-corrected chi connectivity index (χ3v) is 4.67. The third-order valence-electron chi connectivity index (χ3n) is 4.12. The van der Waals surface area contributed by atoms with Crippen LogP contribution in [0.3, 0.4) is 0 Å². The number of aromatic nitrogens is 1. The molecular formula is C18H18Cl2N4O2. The SMILES string of the molecule is O=C(CC(=O)N1CCN(c2ccccn2)CC1)Nc1ccc(Cl)cc1Cl. The van der Waals surface area contributed by atoms with Crippen LogP contribution in [0.25, 0.3) is 0 Å². The highest BCUT2D eigenvalue weighted by Gasteiger charge is 2.23. The van der Waals surface area contributed by atoms with E-state index >= 15 is 0 Å². The Labute approximate surface area is 161 Å². The van der Waals surface area contributed by atoms with Crippen molar-refractivity contribution in [3.8, 4) is 0 Å². The first-order valence-electron chi connectivity index (χ1n) is 8.21. The largest absolute Gasteiger partial charge is 0.353 e. The monoisotopic (exact) mass is 392 g/mol. The molecule has 0 radical (unpaired) electrons. The average Bonchev–Trinajstić information content (AvgIpc) is 2.65. The van der Waals surface area contributed by atoms with Crippen LogP contribution in [0.5, 0.6) is 0 Å². The zero-order chi connectivity index (χ0) is 18.5. The maximum absolute atomic E-state index is 12.4. The second-order valence-corrected chi connectivity index (χ2v) is 6.75. The lowest BCUT2D eigenvalue weighted by atomic mass is 10.2. The van der Waals surface area contributed by atoms with Gasteiger partial charge in [-0.05, 0) is 30.3 Å². The number of anilines is 2. The van der Waals surface area contributed by atoms with Crippen LogP contribution in [-0.4, -0.2) is 47.9 Å². The van der Waals surface area contributed by atoms with Gasteiger partial charge >= 0.3 is 0 Å². The Kier molecular flexibility index (Phi) is 5.96. The van der Waals surface area contributed by atoms with Gasteiger partial charge in [-0.1, -0.05) is 29.3 Å². The molecule has 3 rings (SSSR count). The molecular weight excluding hydrogens is 375 g/mol. The van der Waals surface area contributed by atoms with E-state index in [1.165, 1.54) is 6.07 Å². The summed E-state index contributed by atoms with van der Waals surface area (Å²) in [6.45, 7) is 2.50. The summed E-state index contributed by atoms with van der Waals surface area (Å²) in [5.74, 6) is 0.300. The van der Waals surface area contributed by atoms with Gasteiger partial charge in [0, 0.05) is 37.4 Å². The van der Waals surface area contributed by atoms with E-state index in [0.717, 1.165) is 5.82 Å². The van der Waals surface area contributed by atoms with Crippen molar-refractivity contribution in [3.63, 3.8) is 0 Å². The van der Waals surface area contributed by atoms with Crippen molar-refractivity contribution in [1.82, 2.24) is 9.88 Å². The van der Waals surface area contributed by atoms with E-state index in [1.807, 2.05) is 18.2 Å². The molecule has 0 unspecified atom stereocenters. The molecule has 1 N–H and O–H groups in total. The molecule has 26 heavy (non-hydrogen) atoms. The molecule has 1 aromatic heterocycles. The van der Waals surface area contributed by atoms with E-state index in [0.29, 0.717) is 41.9 Å². The quantitative estimate of drug-likeness (QED) is 0.811. The fourth-order valence-corrected chi connectivity index (χ4v) is 3.22. The first kappa shape index (κ1) is 18.5. The summed E-state index contributed by atoms with van der Waals surface area (Å²) < 4.78 is 0. The number of nitrogens with one attached hydrogen (secondary N) is 1. The van der Waals surface area contributed by atoms with Crippen LogP contribution in [-0.2, 0) is 9.59 Å². The molecule has 1 aromatic carbocycles. The molecule has 0 aliphatic carbocycles. The molecule has 8 heteroatoms. The van der Waals surface area contributed by atoms with Gasteiger partial charge in [-0.25, -0.2) is 4.98 Å². The van der Waals surface area contributed by atoms with Gasteiger partial charge in [0.05, 0.1) is 10.7 Å². The predicted molar refractivity (Wildman–Crippen MR) is 103 cm³/mol. The lowest BCUT2D eigenvalue weighted by molar-refractivity contribution is -0.134. The van der Waals surface area contributed by atoms with Crippen molar-refractivity contribution in [2.75, 3.05) is 36.4 Å². The van der Waals surface area contributed by atoms with Crippen LogP contribution >= 0.6 is 23.2 Å². The van der Waals surface area contributed by atoms with Gasteiger partial charge in [-0.3, -0.25) is 9.59 Å². The number of rotatable bonds is 4. The van der Waals surface area contributed by atoms with Crippen molar-refractivity contribution in [2.45, 2.75) is 6.42 Å². The first-order valence-corrected chi connectivity index (χ1v) is 8.97. The Hall–Kier alpha value is -2.31. The maximum Gasteiger partial charge on any atom is 0.233 e. The van der Waals surface area contributed by atoms with Gasteiger partial charge in [0.2, 0.25) is 11.8 Å². The van der Waals surface area contributed by atoms with Crippen molar-refractivity contribution in [3.05, 3.63) is 52.6 Å². The Morgan fingerprint density at radius 3 is 2.50 bits per heavy atom. The van der Waals surface area contributed by atoms with Gasteiger partial charge in [-0.2, -0.15) is 0 Å². The minimum atomic E-state index is -0.397. The lowest BCUT2D eigenvalue weighted by Gasteiger charge is -2.35. The number of carbonyl (C=O) groups is 2. The van der Waals surface area contributed by atoms with Crippen LogP contribution in [0.2, 0.25) is 10.0 Å². The molecule has 2 heterocycles. The number of hydrogen-bond donors (Lipinski definition) is 1. The summed E-state index contributed by atoms with van der Waals surface area (Å²) in [5.41, 5.74) is 0.439. The Bertz CT molecular complexity index is 793. The lowest BCUT2D eigenvalue weighted by Crippen LogP contribution is -2.49. The number of pyridine rings is 1. The first-order chi connectivity index (χ1) is 12.5. The number of halogens is 2. The van der Waals surface area contributed by atoms with Crippen LogP contribution in [0.1, 0.15) is 6.42 Å². The summed E-state index contributed by atoms with van der Waals surface area (Å²) in [7, 11) is 0. The Morgan fingerprint density at radius 1 is 1.08 bits per heavy atom. The number of piperazine rings is 1. The minimum absolute atomic E-state index is 0.201. The summed E-state index contributed by atoms with van der Waals surface area (Å²) in [5, 5.41) is 3.46. The molecule has 0 spiro atoms. The Morgan fingerprint density at radius 2 is 1.85 bits per heavy atom. The maximum atomic E-state index is 12.4. The molecule has 2 aromatic rings. The smallest absolute Gasteiger partial charge is 0.233 e. The highest BCUT2D eigenvalue weighted by Crippen LogP contribution is 2.25. The molecule has 0 atom stereocenters. The number of benzene rings is 1. The minimum Gasteiger partial charge on any atom is -0.353 e. The highest BCUT2D eigenvalue weighted by atomic mass is 35.5. The molecule has 2 amide bonds. The molecule has 6 nitrogen and oxygen atoms in total. The van der Waals surface area contributed by atoms with Crippen molar-refractivity contribution >= 4 is 46.5 Å². The summed E-state index contributed by atoms with van der Waals surface area (Å²) in [4.78, 5) is 32.6. The second-order valence-electron chi connectivity index (χ2n) is 5.90. The van der Waals surface area contributed by atoms with E-state index in [-0.39, 0.29) is 12.3 Å². The standard InChI is InChI=1S/C18H18Cl2N4O2/c19-13-4-5-15(14(20)11-13)22-17(25)12-18(26)24-9-7-23(8-10-24)16-3-1-2-6-21-16/h1-6,11H,7-10,12H2,(H,22,25). The summed E-state index contributed by atoms with van der Waals surface area (Å²) in [6, 6.07) is 10.5. The second kappa shape index (κ2) is 8.38. The average molecular weight is 393 g/mol. The number of amides is 2. The van der Waals surface area contributed by atoms with Gasteiger partial charge < -0.3 is 15.1 Å². The predicted octanol–water partition coefficient (Wildman–Crippen LogP) is 3.07. The van der Waals surface area contributed by atoms with Gasteiger partial charge in [-0.15, -0.1) is 0 Å². The third kappa shape index (κ3) is 4.65. The molecule has 1 aliphatic heterocycles. The normalized spacial score (nSPS) is 14.2. The zero-order valence-electron chi connectivity index (χ0n) is 14.0. The van der Waals surface area contributed by atoms with Crippen molar-refractivity contribution in [1.29, 1.82) is 0 Å². The zero-order valence-corrected chi connectivity index (χ0v) is 15.5. The van der Waals surface area contributed by atoms with Crippen LogP contribution in [0.15, 0.2) is 42.6 Å². The van der Waals surface area contributed by atoms with E-state index in [9.17, 15) is 9.59 Å². The van der Waals surface area contributed by atoms with E-state index < -0.39 is 5.91 Å². The van der Waals surface area contributed by atoms with Crippen molar-refractivity contribution in [2.24, 2.45) is 0 Å². The topological polar surface area (TPSA) is 65.5 Å². The van der Waals surface area contributed by atoms with Crippen LogP contribution in [0.4, 0.5) is 11.5 Å². The van der Waals surface area contributed by atoms with Crippen molar-refractivity contribution < 1.29 is 9.59 Å². The molecule has 136 valence electrons. The van der Waals surface area contributed by atoms with E-state index in [1.54, 1.807) is 23.2 Å². The molecule has 1 saturated heterocycles. The fraction of sp³-hybridized carbons (Fsp3) is 0.278. The number of hydrogen-bond acceptors (Lipinski definition) is 4. The van der Waals surface area contributed by atoms with Gasteiger partial charge in [0.25, 0.3) is 0 Å². The Balaban J connectivity index is 1.50. The molecule has 0 bridgehead atoms. The summed E-state index contributed by atoms with van der Waals surface area (Å²) in [6.07, 6.45) is 1.53. The fourth-order valence-electron chi connectivity index (χ4n) is 2.76. The number of nitrogens with zero attached hydrogens (tertiary/aromatic N) is 3. The highest BCUT2D eigenvalue weighted by molar-refractivity contribution is 6.36. The van der Waals surface area contributed by atoms with Crippen LogP contribution < -0.4 is 10.2 Å². The van der Waals surface area contributed by atoms with Gasteiger partial charge in [0.15, 0.2) is 0 Å². The molecule has 1 fully saturated rings. The van der Waals surface area contributed by atoms with E-state index in [4.69, 9.17) is 23.2 Å². The summed E-state index contributed by atoms with van der Waals surface area (Å²) >= 11 is 11.9. The van der Waals surface area contributed by atoms with Gasteiger partial charge in [0.1, 0.15) is 12.2 Å². The van der Waals surface area contributed by atoms with Crippen LogP contribution in [0, 0.1) is 0 Å². The molecule has 0 saturated carbocycles.